The minimum atomic E-state index is -0.201. The van der Waals surface area contributed by atoms with Crippen LogP contribution in [0.3, 0.4) is 0 Å². The highest BCUT2D eigenvalue weighted by Gasteiger charge is 2.29. The largest absolute Gasteiger partial charge is 0.381 e. The zero-order valence-corrected chi connectivity index (χ0v) is 13.0. The van der Waals surface area contributed by atoms with Crippen LogP contribution < -0.4 is 0 Å². The maximum Gasteiger partial charge on any atom is 0.225 e. The Bertz CT molecular complexity index is 496. The van der Waals surface area contributed by atoms with Crippen LogP contribution in [0, 0.1) is 11.7 Å². The summed E-state index contributed by atoms with van der Waals surface area (Å²) in [5.41, 5.74) is 1.15. The zero-order chi connectivity index (χ0) is 15.4. The van der Waals surface area contributed by atoms with Gasteiger partial charge >= 0.3 is 0 Å². The molecule has 2 aliphatic heterocycles. The van der Waals surface area contributed by atoms with E-state index in [1.54, 1.807) is 0 Å². The molecule has 0 N–H and O–H groups in total. The number of hydrogen-bond acceptors (Lipinski definition) is 2. The van der Waals surface area contributed by atoms with Crippen LogP contribution in [0.2, 0.25) is 0 Å². The maximum absolute atomic E-state index is 13.1. The lowest BCUT2D eigenvalue weighted by molar-refractivity contribution is -0.138. The first kappa shape index (κ1) is 15.5. The molecule has 0 aromatic heterocycles. The number of carbonyl (C=O) groups is 1. The quantitative estimate of drug-likeness (QED) is 0.838. The summed E-state index contributed by atoms with van der Waals surface area (Å²) in [5.74, 6) is 0.539. The van der Waals surface area contributed by atoms with Crippen molar-refractivity contribution in [1.29, 1.82) is 0 Å². The van der Waals surface area contributed by atoms with Gasteiger partial charge in [0.25, 0.3) is 0 Å². The number of hydrogen-bond donors (Lipinski definition) is 0. The fourth-order valence-electron chi connectivity index (χ4n) is 3.55. The summed E-state index contributed by atoms with van der Waals surface area (Å²) >= 11 is 0. The third kappa shape index (κ3) is 3.67. The minimum absolute atomic E-state index is 0.126. The number of rotatable bonds is 2. The topological polar surface area (TPSA) is 29.5 Å². The van der Waals surface area contributed by atoms with Crippen LogP contribution in [-0.2, 0) is 9.53 Å². The van der Waals surface area contributed by atoms with Crippen molar-refractivity contribution in [1.82, 2.24) is 4.90 Å². The molecule has 1 unspecified atom stereocenters. The van der Waals surface area contributed by atoms with E-state index in [1.165, 1.54) is 12.1 Å². The molecule has 0 spiro atoms. The van der Waals surface area contributed by atoms with Crippen LogP contribution in [-0.4, -0.2) is 37.1 Å². The van der Waals surface area contributed by atoms with Crippen molar-refractivity contribution in [2.75, 3.05) is 26.3 Å². The number of benzene rings is 1. The highest BCUT2D eigenvalue weighted by atomic mass is 19.1. The molecule has 0 aliphatic carbocycles. The number of likely N-dealkylation sites (tertiary alicyclic amines) is 1. The molecule has 1 aromatic carbocycles. The van der Waals surface area contributed by atoms with Gasteiger partial charge in [0.15, 0.2) is 0 Å². The van der Waals surface area contributed by atoms with E-state index in [9.17, 15) is 9.18 Å². The van der Waals surface area contributed by atoms with E-state index in [0.717, 1.165) is 50.8 Å². The predicted molar refractivity (Wildman–Crippen MR) is 83.1 cm³/mol. The van der Waals surface area contributed by atoms with Gasteiger partial charge < -0.3 is 9.64 Å². The van der Waals surface area contributed by atoms with Gasteiger partial charge in [-0.15, -0.1) is 0 Å². The molecule has 4 heteroatoms. The molecule has 120 valence electrons. The summed E-state index contributed by atoms with van der Waals surface area (Å²) in [6.07, 6.45) is 4.95. The molecular weight excluding hydrogens is 281 g/mol. The average Bonchev–Trinajstić information content (AvgIpc) is 2.82. The highest BCUT2D eigenvalue weighted by molar-refractivity contribution is 5.79. The van der Waals surface area contributed by atoms with Gasteiger partial charge in [0.05, 0.1) is 0 Å². The lowest BCUT2D eigenvalue weighted by Gasteiger charge is -2.30. The van der Waals surface area contributed by atoms with Crippen molar-refractivity contribution in [3.05, 3.63) is 35.6 Å². The van der Waals surface area contributed by atoms with Gasteiger partial charge in [-0.3, -0.25) is 4.79 Å². The summed E-state index contributed by atoms with van der Waals surface area (Å²) in [6.45, 7) is 3.02. The van der Waals surface area contributed by atoms with E-state index in [2.05, 4.69) is 0 Å². The molecule has 3 rings (SSSR count). The smallest absolute Gasteiger partial charge is 0.225 e. The van der Waals surface area contributed by atoms with Gasteiger partial charge in [-0.25, -0.2) is 4.39 Å². The van der Waals surface area contributed by atoms with E-state index in [-0.39, 0.29) is 17.6 Å². The van der Waals surface area contributed by atoms with E-state index in [0.29, 0.717) is 19.1 Å². The van der Waals surface area contributed by atoms with Gasteiger partial charge in [-0.1, -0.05) is 18.6 Å². The second kappa shape index (κ2) is 7.23. The van der Waals surface area contributed by atoms with Crippen LogP contribution in [0.25, 0.3) is 0 Å². The Morgan fingerprint density at radius 1 is 1.09 bits per heavy atom. The Morgan fingerprint density at radius 3 is 2.55 bits per heavy atom. The molecule has 1 amide bonds. The summed E-state index contributed by atoms with van der Waals surface area (Å²) in [5, 5.41) is 0. The fourth-order valence-corrected chi connectivity index (χ4v) is 3.55. The number of carbonyl (C=O) groups excluding carboxylic acids is 1. The molecule has 22 heavy (non-hydrogen) atoms. The molecule has 1 aromatic rings. The van der Waals surface area contributed by atoms with Crippen molar-refractivity contribution < 1.29 is 13.9 Å². The van der Waals surface area contributed by atoms with Crippen molar-refractivity contribution >= 4 is 5.91 Å². The summed E-state index contributed by atoms with van der Waals surface area (Å²) in [4.78, 5) is 14.8. The summed E-state index contributed by atoms with van der Waals surface area (Å²) in [7, 11) is 0. The molecule has 2 aliphatic rings. The SMILES string of the molecule is O=C(C1CCOCC1)N1CCCCC(c2ccc(F)cc2)C1. The second-order valence-electron chi connectivity index (χ2n) is 6.42. The molecule has 2 saturated heterocycles. The summed E-state index contributed by atoms with van der Waals surface area (Å²) < 4.78 is 18.5. The van der Waals surface area contributed by atoms with Gasteiger partial charge in [0.1, 0.15) is 5.82 Å². The van der Waals surface area contributed by atoms with E-state index in [4.69, 9.17) is 4.74 Å². The molecule has 1 atom stereocenters. The second-order valence-corrected chi connectivity index (χ2v) is 6.42. The number of nitrogens with zero attached hydrogens (tertiary/aromatic N) is 1. The van der Waals surface area contributed by atoms with E-state index >= 15 is 0 Å². The van der Waals surface area contributed by atoms with Crippen molar-refractivity contribution in [2.45, 2.75) is 38.0 Å². The molecule has 2 heterocycles. The number of halogens is 1. The number of ether oxygens (including phenoxy) is 1. The third-order valence-electron chi connectivity index (χ3n) is 4.90. The van der Waals surface area contributed by atoms with Gasteiger partial charge in [0.2, 0.25) is 5.91 Å². The van der Waals surface area contributed by atoms with Crippen LogP contribution in [0.5, 0.6) is 0 Å². The molecule has 0 radical (unpaired) electrons. The monoisotopic (exact) mass is 305 g/mol. The van der Waals surface area contributed by atoms with Crippen LogP contribution in [0.15, 0.2) is 24.3 Å². The Hall–Kier alpha value is -1.42. The van der Waals surface area contributed by atoms with Gasteiger partial charge in [-0.2, -0.15) is 0 Å². The van der Waals surface area contributed by atoms with Crippen molar-refractivity contribution in [3.63, 3.8) is 0 Å². The highest BCUT2D eigenvalue weighted by Crippen LogP contribution is 2.28. The molecular formula is C18H24FNO2. The Kier molecular flexibility index (Phi) is 5.08. The third-order valence-corrected chi connectivity index (χ3v) is 4.90. The zero-order valence-electron chi connectivity index (χ0n) is 13.0. The average molecular weight is 305 g/mol. The Morgan fingerprint density at radius 2 is 1.82 bits per heavy atom. The summed E-state index contributed by atoms with van der Waals surface area (Å²) in [6, 6.07) is 6.76. The van der Waals surface area contributed by atoms with Crippen molar-refractivity contribution in [2.24, 2.45) is 5.92 Å². The van der Waals surface area contributed by atoms with Crippen LogP contribution in [0.1, 0.15) is 43.6 Å². The predicted octanol–water partition coefficient (Wildman–Crippen LogP) is 3.35. The first-order valence-electron chi connectivity index (χ1n) is 8.36. The maximum atomic E-state index is 13.1. The number of amides is 1. The molecule has 2 fully saturated rings. The van der Waals surface area contributed by atoms with Gasteiger partial charge in [-0.05, 0) is 43.4 Å². The standard InChI is InChI=1S/C18H24FNO2/c19-17-6-4-14(5-7-17)16-3-1-2-10-20(13-16)18(21)15-8-11-22-12-9-15/h4-7,15-16H,1-3,8-13H2. The van der Waals surface area contributed by atoms with E-state index < -0.39 is 0 Å². The first-order chi connectivity index (χ1) is 10.7. The molecule has 0 saturated carbocycles. The lowest BCUT2D eigenvalue weighted by atomic mass is 9.93. The van der Waals surface area contributed by atoms with Crippen LogP contribution in [0.4, 0.5) is 4.39 Å². The van der Waals surface area contributed by atoms with Crippen molar-refractivity contribution in [3.8, 4) is 0 Å². The first-order valence-corrected chi connectivity index (χ1v) is 8.36. The molecule has 0 bridgehead atoms. The fraction of sp³-hybridized carbons (Fsp3) is 0.611. The Balaban J connectivity index is 1.69. The lowest BCUT2D eigenvalue weighted by Crippen LogP contribution is -2.40. The Labute approximate surface area is 131 Å². The van der Waals surface area contributed by atoms with Crippen LogP contribution >= 0.6 is 0 Å². The minimum Gasteiger partial charge on any atom is -0.381 e. The van der Waals surface area contributed by atoms with E-state index in [1.807, 2.05) is 17.0 Å². The van der Waals surface area contributed by atoms with Gasteiger partial charge in [0, 0.05) is 38.1 Å². The normalized spacial score (nSPS) is 24.0. The molecule has 3 nitrogen and oxygen atoms in total.